The van der Waals surface area contributed by atoms with E-state index >= 15 is 4.39 Å². The van der Waals surface area contributed by atoms with Crippen molar-refractivity contribution < 1.29 is 19.1 Å². The normalized spacial score (nSPS) is 17.5. The molecule has 0 amide bonds. The smallest absolute Gasteiger partial charge is 0.341 e. The molecule has 0 bridgehead atoms. The van der Waals surface area contributed by atoms with Gasteiger partial charge in [-0.1, -0.05) is 11.6 Å². The largest absolute Gasteiger partial charge is 0.477 e. The Labute approximate surface area is 177 Å². The molecule has 1 saturated carbocycles. The highest BCUT2D eigenvalue weighted by Gasteiger charge is 2.31. The molecule has 9 heteroatoms. The van der Waals surface area contributed by atoms with E-state index in [9.17, 15) is 19.5 Å². The number of piperazine rings is 1. The summed E-state index contributed by atoms with van der Waals surface area (Å²) < 4.78 is 17.3. The highest BCUT2D eigenvalue weighted by Crippen LogP contribution is 2.41. The summed E-state index contributed by atoms with van der Waals surface area (Å²) >= 11 is 6.40. The number of benzene rings is 1. The molecule has 1 aliphatic heterocycles. The number of fused-ring (bicyclic) bond motifs is 1. The van der Waals surface area contributed by atoms with E-state index in [1.54, 1.807) is 11.5 Å². The summed E-state index contributed by atoms with van der Waals surface area (Å²) in [5.74, 6) is -1.78. The molecule has 0 unspecified atom stereocenters. The number of halogens is 2. The number of Topliss-reactive ketones (excluding diaryl/α,β-unsaturated/α-hetero) is 1. The Balaban J connectivity index is 1.73. The van der Waals surface area contributed by atoms with Crippen LogP contribution in [-0.2, 0) is 4.79 Å². The van der Waals surface area contributed by atoms with Gasteiger partial charge in [0.1, 0.15) is 11.3 Å². The number of nitrogens with zero attached hydrogens (tertiary/aromatic N) is 3. The Morgan fingerprint density at radius 2 is 1.90 bits per heavy atom. The van der Waals surface area contributed by atoms with Gasteiger partial charge in [-0.2, -0.15) is 0 Å². The molecule has 0 atom stereocenters. The van der Waals surface area contributed by atoms with Crippen molar-refractivity contribution >= 4 is 39.9 Å². The number of rotatable bonds is 6. The SMILES string of the molecule is CC(=O)CCN1CCN(c2c(Cl)cc3c(=O)c(C(=O)O)cn(C4CC4)c3c2F)CC1. The topological polar surface area (TPSA) is 82.8 Å². The Kier molecular flexibility index (Phi) is 5.55. The lowest BCUT2D eigenvalue weighted by Crippen LogP contribution is -2.47. The van der Waals surface area contributed by atoms with Crippen LogP contribution in [0.4, 0.5) is 10.1 Å². The van der Waals surface area contributed by atoms with Crippen LogP contribution in [-0.4, -0.2) is 59.0 Å². The van der Waals surface area contributed by atoms with Crippen molar-refractivity contribution in [2.75, 3.05) is 37.6 Å². The third kappa shape index (κ3) is 3.81. The van der Waals surface area contributed by atoms with Crippen LogP contribution in [0.2, 0.25) is 5.02 Å². The third-order valence-electron chi connectivity index (χ3n) is 5.82. The number of carbonyl (C=O) groups is 2. The standard InChI is InChI=1S/C21H23ClFN3O4/c1-12(27)4-5-24-6-8-25(9-7-24)19-16(22)10-14-18(17(19)23)26(13-2-3-13)11-15(20(14)28)21(29)30/h10-11,13H,2-9H2,1H3,(H,29,30). The van der Waals surface area contributed by atoms with Crippen molar-refractivity contribution in [3.05, 3.63) is 38.9 Å². The van der Waals surface area contributed by atoms with E-state index in [4.69, 9.17) is 11.6 Å². The fraction of sp³-hybridized carbons (Fsp3) is 0.476. The van der Waals surface area contributed by atoms with Gasteiger partial charge in [0.25, 0.3) is 0 Å². The van der Waals surface area contributed by atoms with Crippen LogP contribution < -0.4 is 10.3 Å². The van der Waals surface area contributed by atoms with Crippen molar-refractivity contribution in [2.24, 2.45) is 0 Å². The summed E-state index contributed by atoms with van der Waals surface area (Å²) in [4.78, 5) is 39.4. The highest BCUT2D eigenvalue weighted by atomic mass is 35.5. The molecule has 1 aromatic carbocycles. The number of hydrogen-bond acceptors (Lipinski definition) is 5. The number of hydrogen-bond donors (Lipinski definition) is 1. The Hall–Kier alpha value is -2.45. The summed E-state index contributed by atoms with van der Waals surface area (Å²) in [5.41, 5.74) is -0.745. The molecule has 1 aliphatic carbocycles. The van der Waals surface area contributed by atoms with Gasteiger partial charge in [-0.25, -0.2) is 9.18 Å². The molecular formula is C21H23ClFN3O4. The van der Waals surface area contributed by atoms with E-state index in [1.165, 1.54) is 12.3 Å². The molecule has 1 aromatic heterocycles. The number of ketones is 1. The van der Waals surface area contributed by atoms with E-state index in [0.717, 1.165) is 12.8 Å². The Morgan fingerprint density at radius 1 is 1.23 bits per heavy atom. The van der Waals surface area contributed by atoms with Gasteiger partial charge >= 0.3 is 5.97 Å². The number of carbonyl (C=O) groups excluding carboxylic acids is 1. The molecule has 30 heavy (non-hydrogen) atoms. The molecule has 2 aromatic rings. The van der Waals surface area contributed by atoms with Gasteiger partial charge in [0.2, 0.25) is 5.43 Å². The summed E-state index contributed by atoms with van der Waals surface area (Å²) in [6.45, 7) is 4.68. The summed E-state index contributed by atoms with van der Waals surface area (Å²) in [7, 11) is 0. The van der Waals surface area contributed by atoms with Gasteiger partial charge in [0, 0.05) is 51.4 Å². The van der Waals surface area contributed by atoms with Crippen LogP contribution in [0.5, 0.6) is 0 Å². The van der Waals surface area contributed by atoms with Crippen molar-refractivity contribution in [1.82, 2.24) is 9.47 Å². The van der Waals surface area contributed by atoms with Crippen molar-refractivity contribution in [1.29, 1.82) is 0 Å². The van der Waals surface area contributed by atoms with Crippen LogP contribution in [0.25, 0.3) is 10.9 Å². The lowest BCUT2D eigenvalue weighted by molar-refractivity contribution is -0.117. The number of pyridine rings is 1. The zero-order valence-electron chi connectivity index (χ0n) is 16.7. The van der Waals surface area contributed by atoms with Gasteiger partial charge in [0.15, 0.2) is 5.82 Å². The minimum atomic E-state index is -1.33. The van der Waals surface area contributed by atoms with Crippen LogP contribution in [0.3, 0.4) is 0 Å². The second kappa shape index (κ2) is 8.00. The lowest BCUT2D eigenvalue weighted by atomic mass is 10.1. The number of anilines is 1. The van der Waals surface area contributed by atoms with E-state index < -0.39 is 17.2 Å². The van der Waals surface area contributed by atoms with Crippen molar-refractivity contribution in [2.45, 2.75) is 32.2 Å². The maximum Gasteiger partial charge on any atom is 0.341 e. The van der Waals surface area contributed by atoms with Gasteiger partial charge in [-0.05, 0) is 25.8 Å². The molecule has 7 nitrogen and oxygen atoms in total. The predicted molar refractivity (Wildman–Crippen MR) is 112 cm³/mol. The number of carboxylic acid groups (broad SMARTS) is 1. The van der Waals surface area contributed by atoms with Crippen molar-refractivity contribution in [3.8, 4) is 0 Å². The molecule has 160 valence electrons. The fourth-order valence-electron chi connectivity index (χ4n) is 4.03. The number of aromatic carboxylic acids is 1. The minimum absolute atomic E-state index is 0.00635. The predicted octanol–water partition coefficient (Wildman–Crippen LogP) is 2.93. The zero-order valence-corrected chi connectivity index (χ0v) is 17.4. The molecule has 0 spiro atoms. The summed E-state index contributed by atoms with van der Waals surface area (Å²) in [6.07, 6.45) is 3.36. The molecule has 0 radical (unpaired) electrons. The summed E-state index contributed by atoms with van der Waals surface area (Å²) in [5, 5.41) is 9.47. The first-order valence-corrected chi connectivity index (χ1v) is 10.4. The maximum absolute atomic E-state index is 15.7. The molecule has 2 fully saturated rings. The van der Waals surface area contributed by atoms with Gasteiger partial charge < -0.3 is 14.6 Å². The summed E-state index contributed by atoms with van der Waals surface area (Å²) in [6, 6.07) is 1.38. The molecule has 1 saturated heterocycles. The maximum atomic E-state index is 15.7. The van der Waals surface area contributed by atoms with Gasteiger partial charge in [-0.15, -0.1) is 0 Å². The highest BCUT2D eigenvalue weighted by molar-refractivity contribution is 6.34. The first-order chi connectivity index (χ1) is 14.3. The van der Waals surface area contributed by atoms with E-state index in [-0.39, 0.29) is 39.0 Å². The molecule has 2 heterocycles. The molecule has 4 rings (SSSR count). The number of aromatic nitrogens is 1. The minimum Gasteiger partial charge on any atom is -0.477 e. The van der Waals surface area contributed by atoms with Crippen LogP contribution in [0.15, 0.2) is 17.1 Å². The average molecular weight is 436 g/mol. The van der Waals surface area contributed by atoms with Gasteiger partial charge in [0.05, 0.1) is 21.6 Å². The monoisotopic (exact) mass is 435 g/mol. The average Bonchev–Trinajstić information content (AvgIpc) is 3.53. The van der Waals surface area contributed by atoms with Crippen LogP contribution >= 0.6 is 11.6 Å². The zero-order chi connectivity index (χ0) is 21.6. The van der Waals surface area contributed by atoms with Crippen LogP contribution in [0.1, 0.15) is 42.6 Å². The Bertz CT molecular complexity index is 1090. The number of carboxylic acids is 1. The quantitative estimate of drug-likeness (QED) is 0.751. The van der Waals surface area contributed by atoms with Crippen LogP contribution in [0, 0.1) is 5.82 Å². The first kappa shape index (κ1) is 20.8. The fourth-order valence-corrected chi connectivity index (χ4v) is 4.34. The van der Waals surface area contributed by atoms with Crippen molar-refractivity contribution in [3.63, 3.8) is 0 Å². The van der Waals surface area contributed by atoms with E-state index in [0.29, 0.717) is 39.1 Å². The molecular weight excluding hydrogens is 413 g/mol. The van der Waals surface area contributed by atoms with Gasteiger partial charge in [-0.3, -0.25) is 14.5 Å². The molecule has 1 N–H and O–H groups in total. The van der Waals surface area contributed by atoms with E-state index in [2.05, 4.69) is 4.90 Å². The molecule has 2 aliphatic rings. The second-order valence-electron chi connectivity index (χ2n) is 8.01. The first-order valence-electron chi connectivity index (χ1n) is 10.0. The third-order valence-corrected chi connectivity index (χ3v) is 6.11. The van der Waals surface area contributed by atoms with E-state index in [1.807, 2.05) is 4.90 Å². The lowest BCUT2D eigenvalue weighted by Gasteiger charge is -2.36. The second-order valence-corrected chi connectivity index (χ2v) is 8.42. The Morgan fingerprint density at radius 3 is 2.47 bits per heavy atom.